The molecule has 1 aromatic rings. The zero-order valence-electron chi connectivity index (χ0n) is 12.6. The van der Waals surface area contributed by atoms with Crippen molar-refractivity contribution in [1.82, 2.24) is 4.48 Å². The van der Waals surface area contributed by atoms with Crippen LogP contribution in [0.3, 0.4) is 0 Å². The minimum absolute atomic E-state index is 0.0521. The predicted octanol–water partition coefficient (Wildman–Crippen LogP) is 1.97. The Balaban J connectivity index is 3.34. The molecular weight excluding hydrogens is 276 g/mol. The van der Waals surface area contributed by atoms with E-state index in [2.05, 4.69) is 14.1 Å². The van der Waals surface area contributed by atoms with Crippen LogP contribution >= 0.6 is 0 Å². The molecule has 1 rings (SSSR count). The van der Waals surface area contributed by atoms with Crippen molar-refractivity contribution in [2.24, 2.45) is 5.73 Å². The van der Waals surface area contributed by atoms with Gasteiger partial charge in [-0.2, -0.15) is 8.42 Å². The average molecular weight is 301 g/mol. The SMILES string of the molecule is CC(C)c1cc(S(=O)(=O)O)ccc1[N+](C)(C)CCCN. The van der Waals surface area contributed by atoms with Crippen molar-refractivity contribution < 1.29 is 13.0 Å². The molecule has 0 saturated heterocycles. The van der Waals surface area contributed by atoms with Gasteiger partial charge in [-0.25, -0.2) is 0 Å². The first kappa shape index (κ1) is 17.1. The van der Waals surface area contributed by atoms with E-state index in [9.17, 15) is 13.0 Å². The lowest BCUT2D eigenvalue weighted by molar-refractivity contribution is 0.389. The van der Waals surface area contributed by atoms with E-state index in [1.54, 1.807) is 12.1 Å². The van der Waals surface area contributed by atoms with Crippen molar-refractivity contribution in [2.45, 2.75) is 31.1 Å². The number of hydrogen-bond acceptors (Lipinski definition) is 3. The van der Waals surface area contributed by atoms with Gasteiger partial charge in [-0.3, -0.25) is 9.04 Å². The van der Waals surface area contributed by atoms with Crippen LogP contribution in [0.4, 0.5) is 5.69 Å². The molecule has 0 heterocycles. The van der Waals surface area contributed by atoms with Gasteiger partial charge in [0.1, 0.15) is 5.69 Å². The van der Waals surface area contributed by atoms with Gasteiger partial charge in [0.25, 0.3) is 10.1 Å². The van der Waals surface area contributed by atoms with E-state index in [1.807, 2.05) is 13.8 Å². The Bertz CT molecular complexity index is 566. The lowest BCUT2D eigenvalue weighted by atomic mass is 9.99. The molecule has 0 radical (unpaired) electrons. The zero-order chi connectivity index (χ0) is 15.6. The number of nitrogens with zero attached hydrogens (tertiary/aromatic N) is 1. The number of hydrogen-bond donors (Lipinski definition) is 2. The van der Waals surface area contributed by atoms with Gasteiger partial charge >= 0.3 is 0 Å². The Morgan fingerprint density at radius 3 is 2.35 bits per heavy atom. The highest BCUT2D eigenvalue weighted by Gasteiger charge is 2.25. The lowest BCUT2D eigenvalue weighted by Crippen LogP contribution is -2.43. The lowest BCUT2D eigenvalue weighted by Gasteiger charge is -2.32. The van der Waals surface area contributed by atoms with Gasteiger partial charge in [-0.05, 0) is 24.6 Å². The summed E-state index contributed by atoms with van der Waals surface area (Å²) < 4.78 is 32.4. The van der Waals surface area contributed by atoms with Crippen LogP contribution in [0.25, 0.3) is 0 Å². The molecule has 0 aliphatic heterocycles. The first-order valence-corrected chi connectivity index (χ1v) is 8.18. The molecule has 0 unspecified atom stereocenters. The fourth-order valence-corrected chi connectivity index (χ4v) is 2.83. The van der Waals surface area contributed by atoms with Gasteiger partial charge in [0.15, 0.2) is 0 Å². The molecule has 3 N–H and O–H groups in total. The van der Waals surface area contributed by atoms with E-state index in [-0.39, 0.29) is 10.8 Å². The molecule has 5 nitrogen and oxygen atoms in total. The summed E-state index contributed by atoms with van der Waals surface area (Å²) in [5.74, 6) is 0.168. The molecule has 0 aliphatic rings. The molecule has 0 spiro atoms. The van der Waals surface area contributed by atoms with E-state index >= 15 is 0 Å². The monoisotopic (exact) mass is 301 g/mol. The van der Waals surface area contributed by atoms with Crippen LogP contribution in [-0.4, -0.2) is 40.2 Å². The van der Waals surface area contributed by atoms with Gasteiger partial charge in [-0.15, -0.1) is 0 Å². The molecule has 0 bridgehead atoms. The number of nitrogens with two attached hydrogens (primary N) is 1. The van der Waals surface area contributed by atoms with Crippen LogP contribution < -0.4 is 10.2 Å². The third kappa shape index (κ3) is 4.02. The highest BCUT2D eigenvalue weighted by atomic mass is 32.2. The van der Waals surface area contributed by atoms with Crippen LogP contribution in [0.2, 0.25) is 0 Å². The Labute approximate surface area is 121 Å². The van der Waals surface area contributed by atoms with E-state index < -0.39 is 10.1 Å². The molecule has 1 aromatic carbocycles. The average Bonchev–Trinajstić information content (AvgIpc) is 2.34. The highest BCUT2D eigenvalue weighted by molar-refractivity contribution is 7.85. The van der Waals surface area contributed by atoms with E-state index in [0.29, 0.717) is 11.0 Å². The molecule has 20 heavy (non-hydrogen) atoms. The fourth-order valence-electron chi connectivity index (χ4n) is 2.31. The molecule has 114 valence electrons. The second-order valence-electron chi connectivity index (χ2n) is 5.90. The Hall–Kier alpha value is -0.950. The summed E-state index contributed by atoms with van der Waals surface area (Å²) in [6.07, 6.45) is 0.893. The summed E-state index contributed by atoms with van der Waals surface area (Å²) in [7, 11) is -0.0182. The zero-order valence-corrected chi connectivity index (χ0v) is 13.4. The maximum atomic E-state index is 11.3. The molecule has 6 heteroatoms. The number of benzene rings is 1. The second-order valence-corrected chi connectivity index (χ2v) is 7.32. The molecule has 0 aromatic heterocycles. The third-order valence-electron chi connectivity index (χ3n) is 3.49. The molecule has 0 amide bonds. The normalized spacial score (nSPS) is 12.9. The Morgan fingerprint density at radius 1 is 1.30 bits per heavy atom. The summed E-state index contributed by atoms with van der Waals surface area (Å²) >= 11 is 0. The first-order valence-electron chi connectivity index (χ1n) is 6.74. The van der Waals surface area contributed by atoms with E-state index in [1.165, 1.54) is 6.07 Å². The maximum Gasteiger partial charge on any atom is 0.294 e. The van der Waals surface area contributed by atoms with Crippen LogP contribution in [0, 0.1) is 0 Å². The van der Waals surface area contributed by atoms with Gasteiger partial charge < -0.3 is 5.73 Å². The van der Waals surface area contributed by atoms with Crippen LogP contribution in [0.1, 0.15) is 31.7 Å². The van der Waals surface area contributed by atoms with Gasteiger partial charge in [0.2, 0.25) is 0 Å². The number of quaternary nitrogens is 1. The quantitative estimate of drug-likeness (QED) is 0.622. The predicted molar refractivity (Wildman–Crippen MR) is 82.5 cm³/mol. The van der Waals surface area contributed by atoms with Crippen molar-refractivity contribution >= 4 is 15.8 Å². The fraction of sp³-hybridized carbons (Fsp3) is 0.571. The van der Waals surface area contributed by atoms with Gasteiger partial charge in [-0.1, -0.05) is 13.8 Å². The minimum Gasteiger partial charge on any atom is -0.330 e. The van der Waals surface area contributed by atoms with Crippen molar-refractivity contribution in [3.8, 4) is 0 Å². The first-order chi connectivity index (χ1) is 9.09. The largest absolute Gasteiger partial charge is 0.330 e. The summed E-state index contributed by atoms with van der Waals surface area (Å²) in [6.45, 7) is 5.52. The topological polar surface area (TPSA) is 80.4 Å². The third-order valence-corrected chi connectivity index (χ3v) is 4.34. The smallest absolute Gasteiger partial charge is 0.294 e. The minimum atomic E-state index is -4.16. The maximum absolute atomic E-state index is 11.3. The highest BCUT2D eigenvalue weighted by Crippen LogP contribution is 2.32. The van der Waals surface area contributed by atoms with Crippen LogP contribution in [0.5, 0.6) is 0 Å². The summed E-state index contributed by atoms with van der Waals surface area (Å²) in [4.78, 5) is -0.0521. The summed E-state index contributed by atoms with van der Waals surface area (Å²) in [6, 6.07) is 4.81. The molecule has 0 saturated carbocycles. The molecule has 0 fully saturated rings. The van der Waals surface area contributed by atoms with Crippen molar-refractivity contribution in [1.29, 1.82) is 0 Å². The number of rotatable bonds is 6. The van der Waals surface area contributed by atoms with E-state index in [0.717, 1.165) is 24.2 Å². The van der Waals surface area contributed by atoms with Crippen molar-refractivity contribution in [2.75, 3.05) is 27.2 Å². The van der Waals surface area contributed by atoms with E-state index in [4.69, 9.17) is 5.73 Å². The van der Waals surface area contributed by atoms with Crippen LogP contribution in [0.15, 0.2) is 23.1 Å². The van der Waals surface area contributed by atoms with Crippen LogP contribution in [-0.2, 0) is 10.1 Å². The second kappa shape index (κ2) is 6.22. The standard InChI is InChI=1S/C14H24N2O3S/c1-11(2)13-10-12(20(17,18)19)6-7-14(13)16(3,4)9-5-8-15/h6-7,10-11H,5,8-9,15H2,1-4H3/p+1. The summed E-state index contributed by atoms with van der Waals surface area (Å²) in [5, 5.41) is 0. The summed E-state index contributed by atoms with van der Waals surface area (Å²) in [5.41, 5.74) is 7.56. The van der Waals surface area contributed by atoms with Crippen molar-refractivity contribution in [3.05, 3.63) is 23.8 Å². The molecular formula is C14H25N2O3S+. The van der Waals surface area contributed by atoms with Gasteiger partial charge in [0.05, 0.1) is 25.5 Å². The molecule has 0 aliphatic carbocycles. The Kier molecular flexibility index (Phi) is 5.32. The van der Waals surface area contributed by atoms with Gasteiger partial charge in [0, 0.05) is 18.1 Å². The molecule has 0 atom stereocenters. The van der Waals surface area contributed by atoms with Crippen molar-refractivity contribution in [3.63, 3.8) is 0 Å². The Morgan fingerprint density at radius 2 is 1.90 bits per heavy atom.